The number of aromatic amines is 1. The van der Waals surface area contributed by atoms with Gasteiger partial charge in [0.1, 0.15) is 0 Å². The quantitative estimate of drug-likeness (QED) is 0.617. The van der Waals surface area contributed by atoms with Crippen LogP contribution in [-0.2, 0) is 6.54 Å². The molecular formula is C11H19N3OS2. The van der Waals surface area contributed by atoms with Crippen LogP contribution in [0.3, 0.4) is 0 Å². The molecule has 1 aromatic heterocycles. The molecule has 0 radical (unpaired) electrons. The van der Waals surface area contributed by atoms with Gasteiger partial charge in [-0.25, -0.2) is 9.89 Å². The van der Waals surface area contributed by atoms with Gasteiger partial charge in [0.15, 0.2) is 5.16 Å². The minimum Gasteiger partial charge on any atom is -0.270 e. The van der Waals surface area contributed by atoms with Crippen LogP contribution in [0.25, 0.3) is 0 Å². The maximum atomic E-state index is 11.5. The number of hydrogen-bond acceptors (Lipinski definition) is 4. The number of hydrogen-bond donors (Lipinski definition) is 2. The van der Waals surface area contributed by atoms with Crippen molar-refractivity contribution in [1.29, 1.82) is 0 Å². The van der Waals surface area contributed by atoms with E-state index in [4.69, 9.17) is 0 Å². The number of aromatic nitrogens is 3. The van der Waals surface area contributed by atoms with Gasteiger partial charge in [0.25, 0.3) is 0 Å². The van der Waals surface area contributed by atoms with Crippen LogP contribution in [0.4, 0.5) is 0 Å². The molecule has 0 unspecified atom stereocenters. The Morgan fingerprint density at radius 1 is 1.59 bits per heavy atom. The van der Waals surface area contributed by atoms with Crippen LogP contribution < -0.4 is 5.69 Å². The molecule has 1 fully saturated rings. The molecule has 4 nitrogen and oxygen atoms in total. The summed E-state index contributed by atoms with van der Waals surface area (Å²) in [6.07, 6.45) is 4.77. The third-order valence-corrected chi connectivity index (χ3v) is 5.42. The van der Waals surface area contributed by atoms with E-state index in [9.17, 15) is 4.79 Å². The van der Waals surface area contributed by atoms with E-state index in [-0.39, 0.29) is 5.69 Å². The molecule has 1 aromatic rings. The molecule has 0 bridgehead atoms. The van der Waals surface area contributed by atoms with Crippen LogP contribution in [0.2, 0.25) is 0 Å². The highest BCUT2D eigenvalue weighted by atomic mass is 32.2. The summed E-state index contributed by atoms with van der Waals surface area (Å²) in [6, 6.07) is 0. The topological polar surface area (TPSA) is 50.7 Å². The first-order valence-corrected chi connectivity index (χ1v) is 7.71. The summed E-state index contributed by atoms with van der Waals surface area (Å²) in [6.45, 7) is 2.81. The lowest BCUT2D eigenvalue weighted by atomic mass is 9.72. The van der Waals surface area contributed by atoms with Gasteiger partial charge in [-0.2, -0.15) is 12.6 Å². The SMILES string of the molecule is CCCn1c(SCC2(CS)CCC2)n[nH]c1=O. The third kappa shape index (κ3) is 2.73. The highest BCUT2D eigenvalue weighted by Gasteiger charge is 2.35. The van der Waals surface area contributed by atoms with E-state index in [1.807, 2.05) is 0 Å². The van der Waals surface area contributed by atoms with Crippen molar-refractivity contribution in [2.75, 3.05) is 11.5 Å². The van der Waals surface area contributed by atoms with E-state index in [0.29, 0.717) is 5.41 Å². The molecule has 1 N–H and O–H groups in total. The van der Waals surface area contributed by atoms with Gasteiger partial charge in [-0.3, -0.25) is 4.57 Å². The summed E-state index contributed by atoms with van der Waals surface area (Å²) in [5.74, 6) is 1.95. The Kier molecular flexibility index (Phi) is 4.25. The molecule has 0 aromatic carbocycles. The maximum absolute atomic E-state index is 11.5. The summed E-state index contributed by atoms with van der Waals surface area (Å²) in [4.78, 5) is 11.5. The van der Waals surface area contributed by atoms with Crippen molar-refractivity contribution in [3.63, 3.8) is 0 Å². The molecule has 1 heterocycles. The van der Waals surface area contributed by atoms with Gasteiger partial charge >= 0.3 is 5.69 Å². The summed E-state index contributed by atoms with van der Waals surface area (Å²) in [5.41, 5.74) is 0.280. The number of H-pyrrole nitrogens is 1. The summed E-state index contributed by atoms with van der Waals surface area (Å²) in [7, 11) is 0. The Morgan fingerprint density at radius 3 is 2.88 bits per heavy atom. The Bertz CT molecular complexity index is 417. The van der Waals surface area contributed by atoms with Gasteiger partial charge in [0.2, 0.25) is 0 Å². The molecule has 96 valence electrons. The summed E-state index contributed by atoms with van der Waals surface area (Å²) >= 11 is 6.13. The van der Waals surface area contributed by atoms with Gasteiger partial charge in [-0.1, -0.05) is 25.1 Å². The second-order valence-corrected chi connectivity index (χ2v) is 6.02. The van der Waals surface area contributed by atoms with Crippen LogP contribution in [0, 0.1) is 5.41 Å². The van der Waals surface area contributed by atoms with Gasteiger partial charge in [0.05, 0.1) is 0 Å². The Morgan fingerprint density at radius 2 is 2.35 bits per heavy atom. The van der Waals surface area contributed by atoms with Gasteiger partial charge in [-0.15, -0.1) is 5.10 Å². The molecule has 1 aliphatic rings. The van der Waals surface area contributed by atoms with E-state index in [0.717, 1.165) is 29.6 Å². The normalized spacial score (nSPS) is 18.0. The highest BCUT2D eigenvalue weighted by molar-refractivity contribution is 7.99. The van der Waals surface area contributed by atoms with Crippen molar-refractivity contribution in [1.82, 2.24) is 14.8 Å². The third-order valence-electron chi connectivity index (χ3n) is 3.43. The van der Waals surface area contributed by atoms with Gasteiger partial charge in [0, 0.05) is 12.3 Å². The first-order chi connectivity index (χ1) is 8.21. The van der Waals surface area contributed by atoms with E-state index in [2.05, 4.69) is 29.7 Å². The molecule has 17 heavy (non-hydrogen) atoms. The van der Waals surface area contributed by atoms with Crippen LogP contribution in [0.15, 0.2) is 9.95 Å². The maximum Gasteiger partial charge on any atom is 0.343 e. The van der Waals surface area contributed by atoms with Crippen molar-refractivity contribution in [2.24, 2.45) is 5.41 Å². The van der Waals surface area contributed by atoms with Crippen molar-refractivity contribution in [3.05, 3.63) is 10.5 Å². The lowest BCUT2D eigenvalue weighted by Crippen LogP contribution is -2.34. The van der Waals surface area contributed by atoms with Crippen LogP contribution in [0.1, 0.15) is 32.6 Å². The Labute approximate surface area is 111 Å². The van der Waals surface area contributed by atoms with Crippen LogP contribution >= 0.6 is 24.4 Å². The molecule has 0 aliphatic heterocycles. The zero-order valence-corrected chi connectivity index (χ0v) is 11.8. The molecule has 1 aliphatic carbocycles. The first-order valence-electron chi connectivity index (χ1n) is 6.10. The number of thioether (sulfide) groups is 1. The zero-order valence-electron chi connectivity index (χ0n) is 10.1. The first kappa shape index (κ1) is 13.1. The summed E-state index contributed by atoms with van der Waals surface area (Å²) in [5, 5.41) is 7.45. The molecule has 0 spiro atoms. The number of nitrogens with one attached hydrogen (secondary N) is 1. The molecule has 0 amide bonds. The zero-order chi connectivity index (χ0) is 12.3. The lowest BCUT2D eigenvalue weighted by molar-refractivity contribution is 0.205. The predicted octanol–water partition coefficient (Wildman–Crippen LogP) is 2.17. The molecule has 2 rings (SSSR count). The second kappa shape index (κ2) is 5.52. The largest absolute Gasteiger partial charge is 0.343 e. The highest BCUT2D eigenvalue weighted by Crippen LogP contribution is 2.45. The molecule has 0 saturated heterocycles. The fourth-order valence-electron chi connectivity index (χ4n) is 2.08. The lowest BCUT2D eigenvalue weighted by Gasteiger charge is -2.40. The van der Waals surface area contributed by atoms with Crippen LogP contribution in [-0.4, -0.2) is 26.3 Å². The van der Waals surface area contributed by atoms with Crippen LogP contribution in [0.5, 0.6) is 0 Å². The monoisotopic (exact) mass is 273 g/mol. The summed E-state index contributed by atoms with van der Waals surface area (Å²) < 4.78 is 1.73. The van der Waals surface area contributed by atoms with Gasteiger partial charge < -0.3 is 0 Å². The minimum atomic E-state index is -0.0946. The van der Waals surface area contributed by atoms with Crippen molar-refractivity contribution < 1.29 is 0 Å². The molecule has 6 heteroatoms. The molecular weight excluding hydrogens is 254 g/mol. The van der Waals surface area contributed by atoms with E-state index in [1.165, 1.54) is 19.3 Å². The van der Waals surface area contributed by atoms with Crippen molar-refractivity contribution in [2.45, 2.75) is 44.3 Å². The Balaban J connectivity index is 2.01. The minimum absolute atomic E-state index is 0.0946. The fourth-order valence-corrected chi connectivity index (χ4v) is 3.92. The number of rotatable bonds is 6. The predicted molar refractivity (Wildman–Crippen MR) is 74.0 cm³/mol. The van der Waals surface area contributed by atoms with Crippen molar-refractivity contribution in [3.8, 4) is 0 Å². The average molecular weight is 273 g/mol. The van der Waals surface area contributed by atoms with Gasteiger partial charge in [-0.05, 0) is 30.4 Å². The Hall–Kier alpha value is -0.360. The van der Waals surface area contributed by atoms with E-state index in [1.54, 1.807) is 16.3 Å². The number of nitrogens with zero attached hydrogens (tertiary/aromatic N) is 2. The smallest absolute Gasteiger partial charge is 0.270 e. The average Bonchev–Trinajstić information content (AvgIpc) is 2.61. The number of thiol groups is 1. The van der Waals surface area contributed by atoms with E-state index < -0.39 is 0 Å². The van der Waals surface area contributed by atoms with E-state index >= 15 is 0 Å². The van der Waals surface area contributed by atoms with Crippen molar-refractivity contribution >= 4 is 24.4 Å². The standard InChI is InChI=1S/C11H19N3OS2/c1-2-6-14-9(15)12-13-10(14)17-8-11(7-16)4-3-5-11/h16H,2-8H2,1H3,(H,12,15). The molecule has 1 saturated carbocycles. The second-order valence-electron chi connectivity index (χ2n) is 4.76. The fraction of sp³-hybridized carbons (Fsp3) is 0.818. The molecule has 0 atom stereocenters.